The van der Waals surface area contributed by atoms with Gasteiger partial charge in [-0.05, 0) is 43.5 Å². The van der Waals surface area contributed by atoms with Gasteiger partial charge in [0.15, 0.2) is 0 Å². The molecule has 1 aliphatic heterocycles. The number of carbonyl (C=O) groups is 1. The third kappa shape index (κ3) is 4.63. The highest BCUT2D eigenvalue weighted by Gasteiger charge is 2.17. The first-order valence-corrected chi connectivity index (χ1v) is 10.2. The summed E-state index contributed by atoms with van der Waals surface area (Å²) in [6.45, 7) is 1.88. The number of aromatic nitrogens is 5. The molecule has 0 spiro atoms. The van der Waals surface area contributed by atoms with Crippen molar-refractivity contribution in [3.8, 4) is 11.5 Å². The summed E-state index contributed by atoms with van der Waals surface area (Å²) >= 11 is 7.02. The van der Waals surface area contributed by atoms with Gasteiger partial charge in [-0.1, -0.05) is 23.4 Å². The Bertz CT molecular complexity index is 937. The molecule has 2 N–H and O–H groups in total. The molecule has 1 aliphatic rings. The van der Waals surface area contributed by atoms with Gasteiger partial charge in [-0.25, -0.2) is 5.10 Å². The van der Waals surface area contributed by atoms with Gasteiger partial charge in [0.25, 0.3) is 5.22 Å². The number of benzene rings is 1. The van der Waals surface area contributed by atoms with Crippen LogP contribution in [-0.2, 0) is 4.79 Å². The zero-order valence-corrected chi connectivity index (χ0v) is 16.5. The van der Waals surface area contributed by atoms with Crippen LogP contribution in [0.15, 0.2) is 33.9 Å². The van der Waals surface area contributed by atoms with Crippen LogP contribution in [-0.4, -0.2) is 50.1 Å². The van der Waals surface area contributed by atoms with Crippen molar-refractivity contribution in [1.82, 2.24) is 25.4 Å². The van der Waals surface area contributed by atoms with E-state index in [9.17, 15) is 4.79 Å². The lowest BCUT2D eigenvalue weighted by molar-refractivity contribution is -0.113. The van der Waals surface area contributed by atoms with E-state index < -0.39 is 0 Å². The summed E-state index contributed by atoms with van der Waals surface area (Å²) in [6, 6.07) is 7.08. The number of aromatic amines is 1. The van der Waals surface area contributed by atoms with Crippen molar-refractivity contribution in [2.24, 2.45) is 0 Å². The fourth-order valence-electron chi connectivity index (χ4n) is 2.82. The van der Waals surface area contributed by atoms with Gasteiger partial charge in [0.1, 0.15) is 0 Å². The number of nitrogens with zero attached hydrogens (tertiary/aromatic N) is 5. The third-order valence-corrected chi connectivity index (χ3v) is 5.27. The highest BCUT2D eigenvalue weighted by molar-refractivity contribution is 7.99. The van der Waals surface area contributed by atoms with Crippen LogP contribution in [0, 0.1) is 0 Å². The smallest absolute Gasteiger partial charge is 0.277 e. The SMILES string of the molecule is O=C(CSc1nnc(-c2ccc(Cl)cc2)o1)Nc1nc(N2CCCCC2)n[nH]1. The Morgan fingerprint density at radius 2 is 2.00 bits per heavy atom. The number of hydrogen-bond acceptors (Lipinski definition) is 8. The summed E-state index contributed by atoms with van der Waals surface area (Å²) in [6.07, 6.45) is 3.50. The van der Waals surface area contributed by atoms with E-state index in [-0.39, 0.29) is 11.7 Å². The van der Waals surface area contributed by atoms with Crippen molar-refractivity contribution in [3.63, 3.8) is 0 Å². The quantitative estimate of drug-likeness (QED) is 0.585. The van der Waals surface area contributed by atoms with E-state index in [4.69, 9.17) is 16.0 Å². The number of nitrogens with one attached hydrogen (secondary N) is 2. The van der Waals surface area contributed by atoms with Crippen LogP contribution in [0.1, 0.15) is 19.3 Å². The van der Waals surface area contributed by atoms with E-state index in [0.29, 0.717) is 28.0 Å². The lowest BCUT2D eigenvalue weighted by Crippen LogP contribution is -2.30. The highest BCUT2D eigenvalue weighted by Crippen LogP contribution is 2.24. The average Bonchev–Trinajstić information content (AvgIpc) is 3.37. The lowest BCUT2D eigenvalue weighted by atomic mass is 10.1. The summed E-state index contributed by atoms with van der Waals surface area (Å²) in [7, 11) is 0. The molecule has 3 heterocycles. The summed E-state index contributed by atoms with van der Waals surface area (Å²) in [5, 5.41) is 18.5. The molecule has 0 bridgehead atoms. The van der Waals surface area contributed by atoms with Crippen molar-refractivity contribution < 1.29 is 9.21 Å². The molecule has 2 aromatic heterocycles. The monoisotopic (exact) mass is 419 g/mol. The molecule has 11 heteroatoms. The average molecular weight is 420 g/mol. The largest absolute Gasteiger partial charge is 0.411 e. The Kier molecular flexibility index (Phi) is 5.77. The van der Waals surface area contributed by atoms with Crippen LogP contribution >= 0.6 is 23.4 Å². The molecular formula is C17H18ClN7O2S. The van der Waals surface area contributed by atoms with Crippen LogP contribution in [0.4, 0.5) is 11.9 Å². The number of carbonyl (C=O) groups excluding carboxylic acids is 1. The Morgan fingerprint density at radius 3 is 2.79 bits per heavy atom. The molecule has 1 fully saturated rings. The predicted octanol–water partition coefficient (Wildman–Crippen LogP) is 3.23. The number of amides is 1. The Morgan fingerprint density at radius 1 is 1.21 bits per heavy atom. The van der Waals surface area contributed by atoms with Crippen molar-refractivity contribution in [2.45, 2.75) is 24.5 Å². The summed E-state index contributed by atoms with van der Waals surface area (Å²) in [5.74, 6) is 1.20. The van der Waals surface area contributed by atoms with Gasteiger partial charge in [0.05, 0.1) is 5.75 Å². The van der Waals surface area contributed by atoms with Crippen molar-refractivity contribution in [3.05, 3.63) is 29.3 Å². The molecule has 3 aromatic rings. The van der Waals surface area contributed by atoms with E-state index in [2.05, 4.69) is 35.6 Å². The van der Waals surface area contributed by atoms with Crippen LogP contribution in [0.2, 0.25) is 5.02 Å². The molecule has 0 unspecified atom stereocenters. The van der Waals surface area contributed by atoms with Gasteiger partial charge in [-0.3, -0.25) is 10.1 Å². The van der Waals surface area contributed by atoms with Crippen LogP contribution in [0.5, 0.6) is 0 Å². The normalized spacial score (nSPS) is 14.2. The number of anilines is 2. The number of halogens is 1. The van der Waals surface area contributed by atoms with E-state index in [0.717, 1.165) is 43.3 Å². The maximum Gasteiger partial charge on any atom is 0.277 e. The van der Waals surface area contributed by atoms with Crippen molar-refractivity contribution in [1.29, 1.82) is 0 Å². The Labute approximate surface area is 170 Å². The number of piperidine rings is 1. The maximum absolute atomic E-state index is 12.1. The predicted molar refractivity (Wildman–Crippen MR) is 107 cm³/mol. The minimum atomic E-state index is -0.238. The van der Waals surface area contributed by atoms with E-state index in [1.807, 2.05) is 0 Å². The third-order valence-electron chi connectivity index (χ3n) is 4.19. The van der Waals surface area contributed by atoms with Crippen LogP contribution in [0.3, 0.4) is 0 Å². The zero-order valence-electron chi connectivity index (χ0n) is 14.9. The van der Waals surface area contributed by atoms with E-state index in [1.54, 1.807) is 24.3 Å². The molecule has 4 rings (SSSR count). The number of thioether (sulfide) groups is 1. The highest BCUT2D eigenvalue weighted by atomic mass is 35.5. The van der Waals surface area contributed by atoms with E-state index >= 15 is 0 Å². The molecule has 1 saturated heterocycles. The molecule has 9 nitrogen and oxygen atoms in total. The molecular weight excluding hydrogens is 402 g/mol. The molecule has 28 heavy (non-hydrogen) atoms. The maximum atomic E-state index is 12.1. The fraction of sp³-hybridized carbons (Fsp3) is 0.353. The molecule has 0 atom stereocenters. The van der Waals surface area contributed by atoms with Gasteiger partial charge in [0.2, 0.25) is 23.7 Å². The van der Waals surface area contributed by atoms with Crippen LogP contribution in [0.25, 0.3) is 11.5 Å². The Balaban J connectivity index is 1.29. The number of hydrogen-bond donors (Lipinski definition) is 2. The minimum absolute atomic E-state index is 0.113. The molecule has 0 aliphatic carbocycles. The van der Waals surface area contributed by atoms with Gasteiger partial charge in [-0.15, -0.1) is 15.3 Å². The lowest BCUT2D eigenvalue weighted by Gasteiger charge is -2.24. The van der Waals surface area contributed by atoms with Gasteiger partial charge < -0.3 is 9.32 Å². The first-order valence-electron chi connectivity index (χ1n) is 8.87. The number of H-pyrrole nitrogens is 1. The first kappa shape index (κ1) is 18.8. The van der Waals surface area contributed by atoms with Crippen LogP contribution < -0.4 is 10.2 Å². The van der Waals surface area contributed by atoms with Crippen molar-refractivity contribution >= 4 is 41.2 Å². The molecule has 1 amide bonds. The zero-order chi connectivity index (χ0) is 19.3. The first-order chi connectivity index (χ1) is 13.7. The summed E-state index contributed by atoms with van der Waals surface area (Å²) < 4.78 is 5.57. The van der Waals surface area contributed by atoms with E-state index in [1.165, 1.54) is 6.42 Å². The second-order valence-corrected chi connectivity index (χ2v) is 7.61. The van der Waals surface area contributed by atoms with Gasteiger partial charge >= 0.3 is 0 Å². The van der Waals surface area contributed by atoms with Crippen molar-refractivity contribution in [2.75, 3.05) is 29.1 Å². The Hall–Kier alpha value is -2.59. The molecule has 1 aromatic carbocycles. The molecule has 0 radical (unpaired) electrons. The molecule has 0 saturated carbocycles. The van der Waals surface area contributed by atoms with Gasteiger partial charge in [0, 0.05) is 23.7 Å². The fourth-order valence-corrected chi connectivity index (χ4v) is 3.51. The molecule has 146 valence electrons. The number of rotatable bonds is 6. The topological polar surface area (TPSA) is 113 Å². The second kappa shape index (κ2) is 8.61. The minimum Gasteiger partial charge on any atom is -0.411 e. The second-order valence-electron chi connectivity index (χ2n) is 6.25. The summed E-state index contributed by atoms with van der Waals surface area (Å²) in [4.78, 5) is 18.6. The van der Waals surface area contributed by atoms with Gasteiger partial charge in [-0.2, -0.15) is 4.98 Å². The summed E-state index contributed by atoms with van der Waals surface area (Å²) in [5.41, 5.74) is 0.764. The standard InChI is InChI=1S/C17H18ClN7O2S/c18-12-6-4-11(5-7-12)14-21-24-17(27-14)28-10-13(26)19-15-20-16(23-22-15)25-8-2-1-3-9-25/h4-7H,1-3,8-10H2,(H2,19,20,22,23,26).